The summed E-state index contributed by atoms with van der Waals surface area (Å²) in [5.41, 5.74) is 1.26. The number of rotatable bonds is 10. The van der Waals surface area contributed by atoms with E-state index in [-0.39, 0.29) is 10.1 Å². The van der Waals surface area contributed by atoms with Crippen molar-refractivity contribution in [3.63, 3.8) is 0 Å². The second-order valence-corrected chi connectivity index (χ2v) is 22.2. The van der Waals surface area contributed by atoms with Gasteiger partial charge in [-0.25, -0.2) is 0 Å². The lowest BCUT2D eigenvalue weighted by atomic mass is 9.82. The van der Waals surface area contributed by atoms with Crippen LogP contribution in [0.5, 0.6) is 0 Å². The molecule has 2 rings (SSSR count). The maximum atomic E-state index is 10.9. The van der Waals surface area contributed by atoms with Gasteiger partial charge in [-0.05, 0) is 84.8 Å². The first-order valence-electron chi connectivity index (χ1n) is 12.8. The van der Waals surface area contributed by atoms with Crippen molar-refractivity contribution in [1.29, 1.82) is 0 Å². The third kappa shape index (κ3) is 7.27. The maximum Gasteiger partial charge on any atom is 0.191 e. The molecular weight excluding hydrogens is 436 g/mol. The molecule has 4 heteroatoms. The molecule has 1 aromatic rings. The lowest BCUT2D eigenvalue weighted by Gasteiger charge is -2.39. The van der Waals surface area contributed by atoms with Gasteiger partial charge < -0.3 is 9.22 Å². The van der Waals surface area contributed by atoms with Crippen LogP contribution >= 0.6 is 0 Å². The summed E-state index contributed by atoms with van der Waals surface area (Å²) in [5, 5.41) is 0.213. The highest BCUT2D eigenvalue weighted by atomic mass is 28.4. The van der Waals surface area contributed by atoms with E-state index in [1.807, 2.05) is 0 Å². The Kier molecular flexibility index (Phi) is 9.23. The zero-order valence-electron chi connectivity index (χ0n) is 22.8. The first-order valence-corrected chi connectivity index (χ1v) is 18.7. The zero-order valence-corrected chi connectivity index (χ0v) is 24.8. The summed E-state index contributed by atoms with van der Waals surface area (Å²) in [6, 6.07) is 10.6. The van der Waals surface area contributed by atoms with Crippen molar-refractivity contribution in [3.05, 3.63) is 54.6 Å². The Bertz CT molecular complexity index is 784. The van der Waals surface area contributed by atoms with Crippen LogP contribution in [0.1, 0.15) is 59.4 Å². The van der Waals surface area contributed by atoms with Crippen LogP contribution in [0, 0.1) is 23.7 Å². The third-order valence-corrected chi connectivity index (χ3v) is 17.1. The van der Waals surface area contributed by atoms with E-state index in [4.69, 9.17) is 4.43 Å². The van der Waals surface area contributed by atoms with Crippen molar-refractivity contribution in [2.45, 2.75) is 90.1 Å². The minimum absolute atomic E-state index is 0.00151. The van der Waals surface area contributed by atoms with Crippen molar-refractivity contribution in [2.24, 2.45) is 23.7 Å². The Morgan fingerprint density at radius 2 is 1.61 bits per heavy atom. The molecule has 4 atom stereocenters. The molecule has 0 aromatic heterocycles. The molecule has 0 saturated heterocycles. The highest BCUT2D eigenvalue weighted by molar-refractivity contribution is 6.74. The summed E-state index contributed by atoms with van der Waals surface area (Å²) in [5.74, 6) is 2.03. The van der Waals surface area contributed by atoms with E-state index in [0.717, 1.165) is 25.9 Å². The van der Waals surface area contributed by atoms with Gasteiger partial charge in [0.25, 0.3) is 0 Å². The summed E-state index contributed by atoms with van der Waals surface area (Å²) in [4.78, 5) is 10.9. The van der Waals surface area contributed by atoms with Crippen molar-refractivity contribution < 1.29 is 9.22 Å². The van der Waals surface area contributed by atoms with Gasteiger partial charge in [0.2, 0.25) is 0 Å². The van der Waals surface area contributed by atoms with E-state index in [9.17, 15) is 4.80 Å². The lowest BCUT2D eigenvalue weighted by Crippen LogP contribution is -2.43. The summed E-state index contributed by atoms with van der Waals surface area (Å²) in [6.45, 7) is 25.4. The van der Waals surface area contributed by atoms with Crippen molar-refractivity contribution in [2.75, 3.05) is 6.61 Å². The fourth-order valence-corrected chi connectivity index (χ4v) is 6.42. The standard InChI is InChI=1S/C29H50O2Si2/c1-11-24-21-25(18-17-23-15-13-12-14-16-23)27(22-31-33(9,10)28(2,3)4)26(24)19-20-29(5,6)32(7,8)30/h11-18,24-27,30H,1,19-22H2,2-10H3/b18-17-/t24-,25+,26+,27-/m0/s1. The third-order valence-electron chi connectivity index (χ3n) is 9.03. The first kappa shape index (κ1) is 28.3. The lowest BCUT2D eigenvalue weighted by molar-refractivity contribution is 0.164. The van der Waals surface area contributed by atoms with Crippen LogP contribution in [0.15, 0.2) is 49.1 Å². The fraction of sp³-hybridized carbons (Fsp3) is 0.655. The highest BCUT2D eigenvalue weighted by Crippen LogP contribution is 2.50. The van der Waals surface area contributed by atoms with Crippen LogP contribution in [-0.2, 0) is 4.43 Å². The minimum atomic E-state index is -2.22. The molecule has 1 aliphatic carbocycles. The molecule has 0 heterocycles. The molecule has 186 valence electrons. The molecule has 0 unspecified atom stereocenters. The van der Waals surface area contributed by atoms with Gasteiger partial charge in [-0.2, -0.15) is 0 Å². The van der Waals surface area contributed by atoms with E-state index >= 15 is 0 Å². The molecule has 33 heavy (non-hydrogen) atoms. The molecule has 0 radical (unpaired) electrons. The molecule has 1 N–H and O–H groups in total. The molecular formula is C29H50O2Si2. The highest BCUT2D eigenvalue weighted by Gasteiger charge is 2.45. The van der Waals surface area contributed by atoms with E-state index < -0.39 is 16.6 Å². The molecule has 1 aliphatic rings. The van der Waals surface area contributed by atoms with Gasteiger partial charge in [0.1, 0.15) is 0 Å². The summed E-state index contributed by atoms with van der Waals surface area (Å²) < 4.78 is 6.81. The largest absolute Gasteiger partial charge is 0.432 e. The molecule has 0 bridgehead atoms. The van der Waals surface area contributed by atoms with Crippen LogP contribution < -0.4 is 0 Å². The molecule has 0 amide bonds. The molecule has 2 nitrogen and oxygen atoms in total. The molecule has 1 fully saturated rings. The maximum absolute atomic E-state index is 10.9. The van der Waals surface area contributed by atoms with E-state index in [1.54, 1.807) is 0 Å². The quantitative estimate of drug-likeness (QED) is 0.265. The smallest absolute Gasteiger partial charge is 0.191 e. The van der Waals surface area contributed by atoms with Gasteiger partial charge in [0, 0.05) is 6.61 Å². The first-order chi connectivity index (χ1) is 15.1. The summed E-state index contributed by atoms with van der Waals surface area (Å²) >= 11 is 0. The molecule has 0 aliphatic heterocycles. The van der Waals surface area contributed by atoms with Gasteiger partial charge in [-0.1, -0.05) is 83.2 Å². The number of allylic oxidation sites excluding steroid dienone is 2. The van der Waals surface area contributed by atoms with E-state index in [2.05, 4.69) is 116 Å². The van der Waals surface area contributed by atoms with Crippen LogP contribution in [0.25, 0.3) is 6.08 Å². The second-order valence-electron chi connectivity index (χ2n) is 12.9. The summed E-state index contributed by atoms with van der Waals surface area (Å²) in [6.07, 6.45) is 10.2. The molecule has 0 spiro atoms. The average Bonchev–Trinajstić information content (AvgIpc) is 3.05. The van der Waals surface area contributed by atoms with Gasteiger partial charge in [0.15, 0.2) is 16.6 Å². The second kappa shape index (κ2) is 10.8. The van der Waals surface area contributed by atoms with Crippen LogP contribution in [0.4, 0.5) is 0 Å². The summed E-state index contributed by atoms with van der Waals surface area (Å²) in [7, 11) is -4.05. The van der Waals surface area contributed by atoms with Crippen molar-refractivity contribution in [3.8, 4) is 0 Å². The van der Waals surface area contributed by atoms with Gasteiger partial charge in [-0.3, -0.25) is 0 Å². The zero-order chi connectivity index (χ0) is 25.1. The molecule has 1 aromatic carbocycles. The number of hydrogen-bond acceptors (Lipinski definition) is 2. The van der Waals surface area contributed by atoms with Crippen LogP contribution in [0.2, 0.25) is 36.3 Å². The Hall–Kier alpha value is -0.946. The predicted molar refractivity (Wildman–Crippen MR) is 150 cm³/mol. The van der Waals surface area contributed by atoms with Gasteiger partial charge >= 0.3 is 0 Å². The van der Waals surface area contributed by atoms with Gasteiger partial charge in [-0.15, -0.1) is 6.58 Å². The minimum Gasteiger partial charge on any atom is -0.432 e. The van der Waals surface area contributed by atoms with Crippen molar-refractivity contribution in [1.82, 2.24) is 0 Å². The predicted octanol–water partition coefficient (Wildman–Crippen LogP) is 8.53. The Labute approximate surface area is 206 Å². The number of benzene rings is 1. The number of hydrogen-bond donors (Lipinski definition) is 1. The van der Waals surface area contributed by atoms with Crippen molar-refractivity contribution >= 4 is 22.7 Å². The SMILES string of the molecule is C=C[C@H]1C[C@@H](/C=C\c2ccccc2)[C@H](CO[Si](C)(C)C(C)(C)C)[C@@H]1CCC(C)(C)[Si](C)(C)O. The van der Waals surface area contributed by atoms with E-state index in [1.165, 1.54) is 5.56 Å². The van der Waals surface area contributed by atoms with E-state index in [0.29, 0.717) is 23.7 Å². The average molecular weight is 487 g/mol. The van der Waals surface area contributed by atoms with Crippen LogP contribution in [-0.4, -0.2) is 28.0 Å². The topological polar surface area (TPSA) is 29.5 Å². The molecule has 1 saturated carbocycles. The monoisotopic (exact) mass is 486 g/mol. The van der Waals surface area contributed by atoms with Crippen LogP contribution in [0.3, 0.4) is 0 Å². The Morgan fingerprint density at radius 3 is 2.12 bits per heavy atom. The fourth-order valence-electron chi connectivity index (χ4n) is 4.62. The Morgan fingerprint density at radius 1 is 1.00 bits per heavy atom. The Balaban J connectivity index is 2.29. The normalized spacial score (nSPS) is 25.0. The van der Waals surface area contributed by atoms with Gasteiger partial charge in [0.05, 0.1) is 0 Å².